The Morgan fingerprint density at radius 2 is 1.76 bits per heavy atom. The Morgan fingerprint density at radius 1 is 1.08 bits per heavy atom. The van der Waals surface area contributed by atoms with E-state index in [0.717, 1.165) is 6.07 Å². The summed E-state index contributed by atoms with van der Waals surface area (Å²) in [6.45, 7) is 1.72. The monoisotopic (exact) mass is 344 g/mol. The van der Waals surface area contributed by atoms with Crippen molar-refractivity contribution in [3.05, 3.63) is 63.2 Å². The molecule has 0 atom stereocenters. The Kier molecular flexibility index (Phi) is 5.33. The number of anilines is 1. The van der Waals surface area contributed by atoms with Gasteiger partial charge in [0.25, 0.3) is 5.91 Å². The first kappa shape index (κ1) is 17.9. The summed E-state index contributed by atoms with van der Waals surface area (Å²) < 4.78 is 9.54. The minimum absolute atomic E-state index is 0.0696. The number of nitro benzene ring substituents is 1. The van der Waals surface area contributed by atoms with Gasteiger partial charge in [-0.3, -0.25) is 14.9 Å². The van der Waals surface area contributed by atoms with Crippen LogP contribution in [0.15, 0.2) is 36.4 Å². The van der Waals surface area contributed by atoms with E-state index in [0.29, 0.717) is 16.8 Å². The third-order valence-electron chi connectivity index (χ3n) is 3.53. The number of aryl methyl sites for hydroxylation is 1. The minimum Gasteiger partial charge on any atom is -0.490 e. The third kappa shape index (κ3) is 3.92. The van der Waals surface area contributed by atoms with Crippen LogP contribution in [-0.4, -0.2) is 31.0 Å². The molecule has 0 aliphatic heterocycles. The van der Waals surface area contributed by atoms with E-state index >= 15 is 0 Å². The highest BCUT2D eigenvalue weighted by molar-refractivity contribution is 6.05. The molecule has 2 rings (SSSR count). The molecule has 0 aliphatic carbocycles. The molecule has 130 valence electrons. The number of carbonyl (C=O) groups excluding carboxylic acids is 2. The number of benzene rings is 2. The Balaban J connectivity index is 2.27. The molecule has 0 aromatic heterocycles. The van der Waals surface area contributed by atoms with E-state index < -0.39 is 16.8 Å². The maximum atomic E-state index is 12.3. The number of methoxy groups -OCH3 is 2. The van der Waals surface area contributed by atoms with E-state index in [9.17, 15) is 19.7 Å². The zero-order valence-electron chi connectivity index (χ0n) is 13.9. The fourth-order valence-corrected chi connectivity index (χ4v) is 2.22. The van der Waals surface area contributed by atoms with Gasteiger partial charge in [0.05, 0.1) is 24.7 Å². The molecular formula is C17H16N2O6. The SMILES string of the molecule is COC(=O)c1ccc(NC(=O)c2ccc(OC)c([N+](=O)[O-])c2)c(C)c1. The van der Waals surface area contributed by atoms with Crippen molar-refractivity contribution in [1.29, 1.82) is 0 Å². The first-order valence-electron chi connectivity index (χ1n) is 7.20. The molecule has 25 heavy (non-hydrogen) atoms. The number of amides is 1. The van der Waals surface area contributed by atoms with Crippen molar-refractivity contribution in [3.8, 4) is 5.75 Å². The van der Waals surface area contributed by atoms with Crippen LogP contribution in [0.3, 0.4) is 0 Å². The second-order valence-electron chi connectivity index (χ2n) is 5.12. The molecule has 8 nitrogen and oxygen atoms in total. The lowest BCUT2D eigenvalue weighted by Crippen LogP contribution is -2.13. The minimum atomic E-state index is -0.619. The van der Waals surface area contributed by atoms with Gasteiger partial charge in [0.15, 0.2) is 5.75 Å². The predicted octanol–water partition coefficient (Wildman–Crippen LogP) is 2.95. The van der Waals surface area contributed by atoms with Crippen molar-refractivity contribution < 1.29 is 24.0 Å². The molecule has 0 radical (unpaired) electrons. The maximum absolute atomic E-state index is 12.3. The molecular weight excluding hydrogens is 328 g/mol. The van der Waals surface area contributed by atoms with Crippen LogP contribution in [0, 0.1) is 17.0 Å². The molecule has 0 unspecified atom stereocenters. The fraction of sp³-hybridized carbons (Fsp3) is 0.176. The van der Waals surface area contributed by atoms with E-state index in [1.54, 1.807) is 19.1 Å². The van der Waals surface area contributed by atoms with E-state index in [1.807, 2.05) is 0 Å². The summed E-state index contributed by atoms with van der Waals surface area (Å²) in [6, 6.07) is 8.60. The van der Waals surface area contributed by atoms with E-state index in [1.165, 1.54) is 32.4 Å². The molecule has 2 aromatic rings. The van der Waals surface area contributed by atoms with E-state index in [4.69, 9.17) is 4.74 Å². The lowest BCUT2D eigenvalue weighted by atomic mass is 10.1. The second kappa shape index (κ2) is 7.43. The number of ether oxygens (including phenoxy) is 2. The van der Waals surface area contributed by atoms with Crippen LogP contribution in [0.4, 0.5) is 11.4 Å². The Morgan fingerprint density at radius 3 is 2.32 bits per heavy atom. The van der Waals surface area contributed by atoms with Gasteiger partial charge < -0.3 is 14.8 Å². The first-order valence-corrected chi connectivity index (χ1v) is 7.20. The van der Waals surface area contributed by atoms with Crippen LogP contribution in [0.5, 0.6) is 5.75 Å². The zero-order valence-corrected chi connectivity index (χ0v) is 13.9. The molecule has 0 fully saturated rings. The number of carbonyl (C=O) groups is 2. The van der Waals surface area contributed by atoms with E-state index in [-0.39, 0.29) is 17.0 Å². The standard InChI is InChI=1S/C17H16N2O6/c1-10-8-12(17(21)25-3)4-6-13(10)18-16(20)11-5-7-15(24-2)14(9-11)19(22)23/h4-9H,1-3H3,(H,18,20). The Bertz CT molecular complexity index is 847. The summed E-state index contributed by atoms with van der Waals surface area (Å²) in [6.07, 6.45) is 0. The van der Waals surface area contributed by atoms with Crippen LogP contribution in [0.2, 0.25) is 0 Å². The fourth-order valence-electron chi connectivity index (χ4n) is 2.22. The van der Waals surface area contributed by atoms with Gasteiger partial charge in [-0.05, 0) is 42.8 Å². The molecule has 8 heteroatoms. The quantitative estimate of drug-likeness (QED) is 0.507. The normalized spacial score (nSPS) is 10.0. The van der Waals surface area contributed by atoms with Gasteiger partial charge in [0.1, 0.15) is 0 Å². The molecule has 0 heterocycles. The molecule has 0 aliphatic rings. The van der Waals surface area contributed by atoms with Crippen molar-refractivity contribution >= 4 is 23.3 Å². The summed E-state index contributed by atoms with van der Waals surface area (Å²) in [5.41, 5.74) is 1.31. The summed E-state index contributed by atoms with van der Waals surface area (Å²) in [5.74, 6) is -0.924. The lowest BCUT2D eigenvalue weighted by molar-refractivity contribution is -0.385. The van der Waals surface area contributed by atoms with Crippen LogP contribution in [0.1, 0.15) is 26.3 Å². The second-order valence-corrected chi connectivity index (χ2v) is 5.12. The summed E-state index contributed by atoms with van der Waals surface area (Å²) in [7, 11) is 2.60. The predicted molar refractivity (Wildman–Crippen MR) is 90.1 cm³/mol. The number of nitro groups is 1. The number of rotatable bonds is 5. The van der Waals surface area contributed by atoms with Gasteiger partial charge in [-0.15, -0.1) is 0 Å². The number of esters is 1. The van der Waals surface area contributed by atoms with Crippen molar-refractivity contribution in [2.45, 2.75) is 6.92 Å². The zero-order chi connectivity index (χ0) is 18.6. The number of nitrogens with zero attached hydrogens (tertiary/aromatic N) is 1. The molecule has 1 N–H and O–H groups in total. The van der Waals surface area contributed by atoms with Crippen LogP contribution in [-0.2, 0) is 4.74 Å². The number of hydrogen-bond donors (Lipinski definition) is 1. The Labute approximate surface area is 143 Å². The van der Waals surface area contributed by atoms with Gasteiger partial charge >= 0.3 is 11.7 Å². The van der Waals surface area contributed by atoms with Gasteiger partial charge in [-0.25, -0.2) is 4.79 Å². The van der Waals surface area contributed by atoms with Gasteiger partial charge in [-0.2, -0.15) is 0 Å². The molecule has 2 aromatic carbocycles. The highest BCUT2D eigenvalue weighted by Gasteiger charge is 2.18. The highest BCUT2D eigenvalue weighted by Crippen LogP contribution is 2.28. The topological polar surface area (TPSA) is 108 Å². The molecule has 0 saturated carbocycles. The van der Waals surface area contributed by atoms with E-state index in [2.05, 4.69) is 10.1 Å². The van der Waals surface area contributed by atoms with Crippen molar-refractivity contribution in [1.82, 2.24) is 0 Å². The van der Waals surface area contributed by atoms with Crippen molar-refractivity contribution in [3.63, 3.8) is 0 Å². The largest absolute Gasteiger partial charge is 0.490 e. The van der Waals surface area contributed by atoms with Gasteiger partial charge in [0, 0.05) is 17.3 Å². The van der Waals surface area contributed by atoms with Crippen molar-refractivity contribution in [2.24, 2.45) is 0 Å². The maximum Gasteiger partial charge on any atom is 0.337 e. The van der Waals surface area contributed by atoms with Crippen LogP contribution < -0.4 is 10.1 Å². The summed E-state index contributed by atoms with van der Waals surface area (Å²) >= 11 is 0. The van der Waals surface area contributed by atoms with Crippen LogP contribution >= 0.6 is 0 Å². The molecule has 0 bridgehead atoms. The summed E-state index contributed by atoms with van der Waals surface area (Å²) in [5, 5.41) is 13.7. The highest BCUT2D eigenvalue weighted by atomic mass is 16.6. The average Bonchev–Trinajstić information content (AvgIpc) is 2.61. The smallest absolute Gasteiger partial charge is 0.337 e. The lowest BCUT2D eigenvalue weighted by Gasteiger charge is -2.10. The number of hydrogen-bond acceptors (Lipinski definition) is 6. The van der Waals surface area contributed by atoms with Crippen LogP contribution in [0.25, 0.3) is 0 Å². The third-order valence-corrected chi connectivity index (χ3v) is 3.53. The summed E-state index contributed by atoms with van der Waals surface area (Å²) in [4.78, 5) is 34.3. The molecule has 0 saturated heterocycles. The number of nitrogens with one attached hydrogen (secondary N) is 1. The first-order chi connectivity index (χ1) is 11.9. The van der Waals surface area contributed by atoms with Crippen molar-refractivity contribution in [2.75, 3.05) is 19.5 Å². The molecule has 0 spiro atoms. The van der Waals surface area contributed by atoms with Gasteiger partial charge in [-0.1, -0.05) is 0 Å². The molecule has 1 amide bonds. The van der Waals surface area contributed by atoms with Gasteiger partial charge in [0.2, 0.25) is 0 Å². The average molecular weight is 344 g/mol. The Hall–Kier alpha value is -3.42.